The standard InChI is InChI=1S/C21H24N2O3/c1-3-11-23(12-4-2)14-17-18(24)6-5-16-20(25)19(26-21(16)17)13-15-7-9-22-10-8-15/h5-10,13,24H,3-4,11-12,14H2,1-2H3/p+1/b19-13-. The van der Waals surface area contributed by atoms with Gasteiger partial charge in [0.1, 0.15) is 12.3 Å². The van der Waals surface area contributed by atoms with Crippen LogP contribution < -0.4 is 9.64 Å². The topological polar surface area (TPSA) is 63.9 Å². The van der Waals surface area contributed by atoms with Gasteiger partial charge in [-0.25, -0.2) is 0 Å². The molecule has 0 amide bonds. The Morgan fingerprint density at radius 1 is 1.12 bits per heavy atom. The third-order valence-electron chi connectivity index (χ3n) is 4.55. The van der Waals surface area contributed by atoms with E-state index in [-0.39, 0.29) is 17.3 Å². The molecule has 0 saturated heterocycles. The zero-order valence-electron chi connectivity index (χ0n) is 15.3. The highest BCUT2D eigenvalue weighted by molar-refractivity contribution is 6.14. The molecule has 2 heterocycles. The minimum atomic E-state index is -0.148. The van der Waals surface area contributed by atoms with Crippen molar-refractivity contribution in [2.45, 2.75) is 33.2 Å². The molecule has 1 aliphatic heterocycles. The van der Waals surface area contributed by atoms with Crippen molar-refractivity contribution in [3.05, 3.63) is 59.1 Å². The number of quaternary nitrogens is 1. The van der Waals surface area contributed by atoms with E-state index in [0.717, 1.165) is 31.5 Å². The van der Waals surface area contributed by atoms with Crippen molar-refractivity contribution in [2.75, 3.05) is 13.1 Å². The van der Waals surface area contributed by atoms with Gasteiger partial charge in [0.05, 0.1) is 24.2 Å². The van der Waals surface area contributed by atoms with Crippen molar-refractivity contribution in [2.24, 2.45) is 0 Å². The Morgan fingerprint density at radius 2 is 1.81 bits per heavy atom. The molecule has 5 heteroatoms. The van der Waals surface area contributed by atoms with Gasteiger partial charge in [0, 0.05) is 12.4 Å². The molecule has 1 aromatic carbocycles. The van der Waals surface area contributed by atoms with E-state index in [0.29, 0.717) is 23.4 Å². The second-order valence-electron chi connectivity index (χ2n) is 6.59. The fourth-order valence-electron chi connectivity index (χ4n) is 3.34. The molecule has 26 heavy (non-hydrogen) atoms. The Bertz CT molecular complexity index is 810. The van der Waals surface area contributed by atoms with Gasteiger partial charge in [0.15, 0.2) is 11.5 Å². The molecule has 1 aliphatic rings. The van der Waals surface area contributed by atoms with E-state index in [4.69, 9.17) is 4.74 Å². The number of fused-ring (bicyclic) bond motifs is 1. The van der Waals surface area contributed by atoms with Crippen molar-refractivity contribution in [1.82, 2.24) is 4.98 Å². The second-order valence-corrected chi connectivity index (χ2v) is 6.59. The molecule has 1 aromatic heterocycles. The van der Waals surface area contributed by atoms with E-state index >= 15 is 0 Å². The lowest BCUT2D eigenvalue weighted by Gasteiger charge is -2.19. The number of nitrogens with zero attached hydrogens (tertiary/aromatic N) is 1. The van der Waals surface area contributed by atoms with Crippen LogP contribution in [0.4, 0.5) is 0 Å². The van der Waals surface area contributed by atoms with Crippen molar-refractivity contribution >= 4 is 11.9 Å². The lowest BCUT2D eigenvalue weighted by atomic mass is 10.0. The molecule has 0 fully saturated rings. The van der Waals surface area contributed by atoms with Gasteiger partial charge in [-0.3, -0.25) is 9.78 Å². The molecule has 0 aliphatic carbocycles. The number of Topliss-reactive ketones (excluding diaryl/α,β-unsaturated/α-hetero) is 1. The maximum Gasteiger partial charge on any atom is 0.231 e. The fourth-order valence-corrected chi connectivity index (χ4v) is 3.34. The number of aromatic hydroxyl groups is 1. The highest BCUT2D eigenvalue weighted by atomic mass is 16.5. The fraction of sp³-hybridized carbons (Fsp3) is 0.333. The van der Waals surface area contributed by atoms with Crippen LogP contribution in [0.5, 0.6) is 11.5 Å². The molecule has 3 rings (SSSR count). The Kier molecular flexibility index (Phi) is 5.68. The van der Waals surface area contributed by atoms with E-state index in [2.05, 4.69) is 18.8 Å². The summed E-state index contributed by atoms with van der Waals surface area (Å²) in [4.78, 5) is 18.1. The zero-order chi connectivity index (χ0) is 18.5. The number of pyridine rings is 1. The van der Waals surface area contributed by atoms with Gasteiger partial charge in [-0.05, 0) is 48.7 Å². The van der Waals surface area contributed by atoms with E-state index < -0.39 is 0 Å². The Morgan fingerprint density at radius 3 is 2.46 bits per heavy atom. The van der Waals surface area contributed by atoms with Gasteiger partial charge in [-0.15, -0.1) is 0 Å². The van der Waals surface area contributed by atoms with Crippen LogP contribution in [0.25, 0.3) is 6.08 Å². The molecule has 0 spiro atoms. The molecule has 0 radical (unpaired) electrons. The molecule has 0 unspecified atom stereocenters. The van der Waals surface area contributed by atoms with Gasteiger partial charge < -0.3 is 14.7 Å². The number of hydrogen-bond acceptors (Lipinski definition) is 4. The smallest absolute Gasteiger partial charge is 0.231 e. The summed E-state index contributed by atoms with van der Waals surface area (Å²) in [6, 6.07) is 6.88. The third-order valence-corrected chi connectivity index (χ3v) is 4.55. The predicted octanol–water partition coefficient (Wildman–Crippen LogP) is 2.61. The van der Waals surface area contributed by atoms with Gasteiger partial charge in [0.25, 0.3) is 0 Å². The number of carbonyl (C=O) groups excluding carboxylic acids is 1. The summed E-state index contributed by atoms with van der Waals surface area (Å²) in [6.07, 6.45) is 7.20. The quantitative estimate of drug-likeness (QED) is 0.751. The molecular weight excluding hydrogens is 328 g/mol. The summed E-state index contributed by atoms with van der Waals surface area (Å²) in [5.74, 6) is 0.822. The number of rotatable bonds is 7. The first-order valence-electron chi connectivity index (χ1n) is 9.16. The minimum absolute atomic E-state index is 0.148. The lowest BCUT2D eigenvalue weighted by molar-refractivity contribution is -0.914. The number of phenols is 1. The van der Waals surface area contributed by atoms with Gasteiger partial charge in [-0.2, -0.15) is 0 Å². The number of phenolic OH excluding ortho intramolecular Hbond substituents is 1. The van der Waals surface area contributed by atoms with Crippen LogP contribution in [0.3, 0.4) is 0 Å². The summed E-state index contributed by atoms with van der Waals surface area (Å²) < 4.78 is 5.91. The first kappa shape index (κ1) is 18.1. The molecule has 5 nitrogen and oxygen atoms in total. The summed E-state index contributed by atoms with van der Waals surface area (Å²) in [5.41, 5.74) is 2.09. The van der Waals surface area contributed by atoms with Crippen LogP contribution in [-0.2, 0) is 6.54 Å². The second kappa shape index (κ2) is 8.15. The number of ether oxygens (including phenoxy) is 1. The minimum Gasteiger partial charge on any atom is -0.507 e. The summed E-state index contributed by atoms with van der Waals surface area (Å²) in [6.45, 7) is 6.99. The Labute approximate surface area is 153 Å². The van der Waals surface area contributed by atoms with Gasteiger partial charge in [0.2, 0.25) is 5.78 Å². The summed E-state index contributed by atoms with van der Waals surface area (Å²) >= 11 is 0. The van der Waals surface area contributed by atoms with E-state index in [1.54, 1.807) is 30.6 Å². The van der Waals surface area contributed by atoms with Crippen LogP contribution in [0, 0.1) is 0 Å². The average Bonchev–Trinajstić information content (AvgIpc) is 2.95. The predicted molar refractivity (Wildman–Crippen MR) is 100 cm³/mol. The summed E-state index contributed by atoms with van der Waals surface area (Å²) in [5, 5.41) is 10.4. The van der Waals surface area contributed by atoms with Crippen molar-refractivity contribution in [1.29, 1.82) is 0 Å². The largest absolute Gasteiger partial charge is 0.507 e. The Balaban J connectivity index is 1.93. The number of allylic oxidation sites excluding steroid dienone is 1. The van der Waals surface area contributed by atoms with E-state index in [9.17, 15) is 9.90 Å². The maximum atomic E-state index is 12.7. The van der Waals surface area contributed by atoms with Gasteiger partial charge >= 0.3 is 0 Å². The first-order chi connectivity index (χ1) is 12.6. The molecular formula is C21H25N2O3+. The average molecular weight is 353 g/mol. The van der Waals surface area contributed by atoms with Crippen molar-refractivity contribution in [3.63, 3.8) is 0 Å². The van der Waals surface area contributed by atoms with E-state index in [1.165, 1.54) is 4.90 Å². The van der Waals surface area contributed by atoms with Gasteiger partial charge in [-0.1, -0.05) is 13.8 Å². The number of hydrogen-bond donors (Lipinski definition) is 2. The Hall–Kier alpha value is -2.66. The van der Waals surface area contributed by atoms with Crippen LogP contribution in [0.15, 0.2) is 42.4 Å². The highest BCUT2D eigenvalue weighted by Gasteiger charge is 2.32. The zero-order valence-corrected chi connectivity index (χ0v) is 15.3. The van der Waals surface area contributed by atoms with Crippen LogP contribution in [0.1, 0.15) is 48.2 Å². The lowest BCUT2D eigenvalue weighted by Crippen LogP contribution is -3.10. The van der Waals surface area contributed by atoms with Crippen LogP contribution in [0.2, 0.25) is 0 Å². The third kappa shape index (κ3) is 3.78. The normalized spacial score (nSPS) is 14.7. The SMILES string of the molecule is CCC[NH+](CCC)Cc1c(O)ccc2c1O/C(=C\c1ccncc1)C2=O. The number of benzene rings is 1. The maximum absolute atomic E-state index is 12.7. The number of aromatic nitrogens is 1. The van der Waals surface area contributed by atoms with Crippen molar-refractivity contribution < 1.29 is 19.5 Å². The number of nitrogens with one attached hydrogen (secondary N) is 1. The number of ketones is 1. The molecule has 0 atom stereocenters. The van der Waals surface area contributed by atoms with Crippen LogP contribution in [-0.4, -0.2) is 29.0 Å². The summed E-state index contributed by atoms with van der Waals surface area (Å²) in [7, 11) is 0. The highest BCUT2D eigenvalue weighted by Crippen LogP contribution is 2.39. The molecule has 2 N–H and O–H groups in total. The molecule has 2 aromatic rings. The van der Waals surface area contributed by atoms with Crippen molar-refractivity contribution in [3.8, 4) is 11.5 Å². The first-order valence-corrected chi connectivity index (χ1v) is 9.16. The van der Waals surface area contributed by atoms with E-state index in [1.807, 2.05) is 12.1 Å². The van der Waals surface area contributed by atoms with Crippen LogP contribution >= 0.6 is 0 Å². The molecule has 0 bridgehead atoms. The molecule has 136 valence electrons. The molecule has 0 saturated carbocycles. The monoisotopic (exact) mass is 353 g/mol. The number of carbonyl (C=O) groups is 1.